The molecule has 1 heterocycles. The smallest absolute Gasteiger partial charge is 0.290 e. The first kappa shape index (κ1) is 19.7. The van der Waals surface area contributed by atoms with Gasteiger partial charge in [-0.3, -0.25) is 30.0 Å². The molecule has 0 unspecified atom stereocenters. The first-order valence-electron chi connectivity index (χ1n) is 8.79. The van der Waals surface area contributed by atoms with E-state index in [0.717, 1.165) is 11.1 Å². The lowest BCUT2D eigenvalue weighted by molar-refractivity contribution is -0.120. The topological polar surface area (TPSA) is 133 Å². The number of amides is 3. The fourth-order valence-corrected chi connectivity index (χ4v) is 2.66. The second kappa shape index (κ2) is 8.34. The molecule has 0 radical (unpaired) electrons. The predicted molar refractivity (Wildman–Crippen MR) is 106 cm³/mol. The van der Waals surface area contributed by atoms with Crippen molar-refractivity contribution in [3.63, 3.8) is 0 Å². The lowest BCUT2D eigenvalue weighted by atomic mass is 10.1. The van der Waals surface area contributed by atoms with Crippen LogP contribution in [-0.2, 0) is 4.79 Å². The van der Waals surface area contributed by atoms with E-state index in [2.05, 4.69) is 26.4 Å². The minimum atomic E-state index is -0.703. The zero-order chi connectivity index (χ0) is 21.0. The summed E-state index contributed by atoms with van der Waals surface area (Å²) in [5.41, 5.74) is 6.42. The van der Waals surface area contributed by atoms with Gasteiger partial charge in [-0.05, 0) is 43.2 Å². The molecule has 0 atom stereocenters. The van der Waals surface area contributed by atoms with Crippen LogP contribution < -0.4 is 21.7 Å². The Bertz CT molecular complexity index is 1170. The van der Waals surface area contributed by atoms with Crippen molar-refractivity contribution in [2.75, 3.05) is 6.54 Å². The molecule has 9 heteroatoms. The summed E-state index contributed by atoms with van der Waals surface area (Å²) in [4.78, 5) is 48.1. The molecule has 0 aliphatic carbocycles. The highest BCUT2D eigenvalue weighted by molar-refractivity contribution is 6.05. The summed E-state index contributed by atoms with van der Waals surface area (Å²) in [5, 5.41) is 9.12. The molecule has 148 valence electrons. The molecule has 0 aliphatic heterocycles. The fraction of sp³-hybridized carbons (Fsp3) is 0.150. The molecule has 9 nitrogen and oxygen atoms in total. The van der Waals surface area contributed by atoms with Gasteiger partial charge >= 0.3 is 0 Å². The average Bonchev–Trinajstić information content (AvgIpc) is 2.72. The molecular formula is C20H19N5O4. The maximum absolute atomic E-state index is 12.3. The van der Waals surface area contributed by atoms with Crippen LogP contribution in [0, 0.1) is 13.8 Å². The summed E-state index contributed by atoms with van der Waals surface area (Å²) < 4.78 is 0. The van der Waals surface area contributed by atoms with E-state index in [1.54, 1.807) is 36.4 Å². The van der Waals surface area contributed by atoms with Crippen LogP contribution in [0.1, 0.15) is 32.0 Å². The molecule has 0 spiro atoms. The normalized spacial score (nSPS) is 10.4. The van der Waals surface area contributed by atoms with E-state index in [-0.39, 0.29) is 12.2 Å². The van der Waals surface area contributed by atoms with E-state index in [1.165, 1.54) is 0 Å². The third-order valence-corrected chi connectivity index (χ3v) is 4.41. The summed E-state index contributed by atoms with van der Waals surface area (Å²) in [6.45, 7) is 3.50. The Kier molecular flexibility index (Phi) is 5.68. The molecule has 29 heavy (non-hydrogen) atoms. The molecule has 2 aromatic carbocycles. The third kappa shape index (κ3) is 4.46. The van der Waals surface area contributed by atoms with Crippen molar-refractivity contribution in [2.24, 2.45) is 0 Å². The number of aryl methyl sites for hydroxylation is 2. The zero-order valence-corrected chi connectivity index (χ0v) is 15.8. The molecule has 0 bridgehead atoms. The van der Waals surface area contributed by atoms with Gasteiger partial charge in [0.1, 0.15) is 0 Å². The molecule has 3 amide bonds. The van der Waals surface area contributed by atoms with Gasteiger partial charge in [-0.1, -0.05) is 24.3 Å². The van der Waals surface area contributed by atoms with Crippen LogP contribution in [0.3, 0.4) is 0 Å². The maximum Gasteiger partial charge on any atom is 0.290 e. The highest BCUT2D eigenvalue weighted by atomic mass is 16.2. The number of hydrogen-bond acceptors (Lipinski definition) is 5. The first-order chi connectivity index (χ1) is 13.9. The van der Waals surface area contributed by atoms with Gasteiger partial charge in [-0.2, -0.15) is 5.10 Å². The van der Waals surface area contributed by atoms with E-state index in [1.807, 2.05) is 19.9 Å². The average molecular weight is 393 g/mol. The van der Waals surface area contributed by atoms with Gasteiger partial charge < -0.3 is 5.32 Å². The van der Waals surface area contributed by atoms with Crippen LogP contribution in [0.4, 0.5) is 0 Å². The predicted octanol–water partition coefficient (Wildman–Crippen LogP) is 0.731. The lowest BCUT2D eigenvalue weighted by Gasteiger charge is -2.10. The third-order valence-electron chi connectivity index (χ3n) is 4.41. The Morgan fingerprint density at radius 2 is 1.66 bits per heavy atom. The number of nitrogens with zero attached hydrogens (tertiary/aromatic N) is 1. The Morgan fingerprint density at radius 3 is 2.38 bits per heavy atom. The van der Waals surface area contributed by atoms with Crippen molar-refractivity contribution < 1.29 is 14.4 Å². The molecule has 3 aromatic rings. The second-order valence-electron chi connectivity index (χ2n) is 6.43. The van der Waals surface area contributed by atoms with Crippen LogP contribution in [-0.4, -0.2) is 34.5 Å². The van der Waals surface area contributed by atoms with Gasteiger partial charge in [0.05, 0.1) is 11.9 Å². The van der Waals surface area contributed by atoms with Crippen LogP contribution in [0.2, 0.25) is 0 Å². The standard InChI is InChI=1S/C20H19N5O4/c1-11-7-8-13(9-12(11)2)18(27)21-10-16(26)22-25-20(29)17-14-5-3-4-6-15(14)19(28)24-23-17/h3-9H,10H2,1-2H3,(H,21,27)(H,22,26)(H,24,28)(H,25,29). The number of fused-ring (bicyclic) bond motifs is 1. The summed E-state index contributed by atoms with van der Waals surface area (Å²) in [7, 11) is 0. The number of aromatic nitrogens is 2. The molecule has 4 N–H and O–H groups in total. The summed E-state index contributed by atoms with van der Waals surface area (Å²) in [6.07, 6.45) is 0. The number of H-pyrrole nitrogens is 1. The minimum absolute atomic E-state index is 0.0420. The maximum atomic E-state index is 12.3. The number of nitrogens with one attached hydrogen (secondary N) is 4. The van der Waals surface area contributed by atoms with Crippen molar-refractivity contribution in [3.8, 4) is 0 Å². The summed E-state index contributed by atoms with van der Waals surface area (Å²) >= 11 is 0. The number of carbonyl (C=O) groups excluding carboxylic acids is 3. The Hall–Kier alpha value is -4.01. The van der Waals surface area contributed by atoms with Crippen LogP contribution >= 0.6 is 0 Å². The number of rotatable bonds is 4. The van der Waals surface area contributed by atoms with Gasteiger partial charge in [0.15, 0.2) is 5.69 Å². The molecule has 0 saturated carbocycles. The highest BCUT2D eigenvalue weighted by Gasteiger charge is 2.15. The fourth-order valence-electron chi connectivity index (χ4n) is 2.66. The molecule has 1 aromatic heterocycles. The second-order valence-corrected chi connectivity index (χ2v) is 6.43. The van der Waals surface area contributed by atoms with Crippen LogP contribution in [0.5, 0.6) is 0 Å². The largest absolute Gasteiger partial charge is 0.343 e. The van der Waals surface area contributed by atoms with Gasteiger partial charge in [0.2, 0.25) is 0 Å². The number of aromatic amines is 1. The molecular weight excluding hydrogens is 374 g/mol. The number of hydrogen-bond donors (Lipinski definition) is 4. The number of carbonyl (C=O) groups is 3. The number of benzene rings is 2. The number of hydrazine groups is 1. The van der Waals surface area contributed by atoms with E-state index in [9.17, 15) is 19.2 Å². The molecule has 3 rings (SSSR count). The molecule has 0 aliphatic rings. The quantitative estimate of drug-likeness (QED) is 0.485. The monoisotopic (exact) mass is 393 g/mol. The van der Waals surface area contributed by atoms with Crippen LogP contribution in [0.25, 0.3) is 10.8 Å². The van der Waals surface area contributed by atoms with Crippen molar-refractivity contribution in [2.45, 2.75) is 13.8 Å². The highest BCUT2D eigenvalue weighted by Crippen LogP contribution is 2.12. The van der Waals surface area contributed by atoms with E-state index in [4.69, 9.17) is 0 Å². The van der Waals surface area contributed by atoms with Gasteiger partial charge in [0.25, 0.3) is 23.3 Å². The first-order valence-corrected chi connectivity index (χ1v) is 8.79. The molecule has 0 fully saturated rings. The van der Waals surface area contributed by atoms with Crippen molar-refractivity contribution in [3.05, 3.63) is 75.2 Å². The Morgan fingerprint density at radius 1 is 0.931 bits per heavy atom. The zero-order valence-electron chi connectivity index (χ0n) is 15.8. The lowest BCUT2D eigenvalue weighted by Crippen LogP contribution is -2.46. The van der Waals surface area contributed by atoms with Gasteiger partial charge in [-0.25, -0.2) is 5.10 Å². The minimum Gasteiger partial charge on any atom is -0.343 e. The SMILES string of the molecule is Cc1ccc(C(=O)NCC(=O)NNC(=O)c2n[nH]c(=O)c3ccccc23)cc1C. The van der Waals surface area contributed by atoms with E-state index in [0.29, 0.717) is 16.3 Å². The van der Waals surface area contributed by atoms with Gasteiger partial charge in [-0.15, -0.1) is 0 Å². The summed E-state index contributed by atoms with van der Waals surface area (Å²) in [6, 6.07) is 11.7. The Labute approximate surface area is 165 Å². The van der Waals surface area contributed by atoms with Gasteiger partial charge in [0, 0.05) is 10.9 Å². The van der Waals surface area contributed by atoms with Crippen molar-refractivity contribution in [1.82, 2.24) is 26.4 Å². The van der Waals surface area contributed by atoms with Crippen molar-refractivity contribution in [1.29, 1.82) is 0 Å². The van der Waals surface area contributed by atoms with E-state index >= 15 is 0 Å². The van der Waals surface area contributed by atoms with E-state index < -0.39 is 23.3 Å². The van der Waals surface area contributed by atoms with Crippen molar-refractivity contribution >= 4 is 28.5 Å². The molecule has 0 saturated heterocycles. The summed E-state index contributed by atoms with van der Waals surface area (Å²) in [5.74, 6) is -1.72. The Balaban J connectivity index is 1.57. The van der Waals surface area contributed by atoms with Crippen LogP contribution in [0.15, 0.2) is 47.3 Å².